The quantitative estimate of drug-likeness (QED) is 0.481. The molecule has 1 aliphatic rings. The second-order valence-electron chi connectivity index (χ2n) is 6.31. The Labute approximate surface area is 164 Å². The number of carbonyl (C=O) groups is 1. The minimum atomic E-state index is -0.364. The molecule has 0 atom stereocenters. The summed E-state index contributed by atoms with van der Waals surface area (Å²) in [7, 11) is 0. The molecule has 0 aromatic heterocycles. The lowest BCUT2D eigenvalue weighted by molar-refractivity contribution is -0.384. The fourth-order valence-corrected chi connectivity index (χ4v) is 3.24. The molecule has 144 valence electrons. The van der Waals surface area contributed by atoms with Crippen LogP contribution < -0.4 is 10.6 Å². The molecule has 0 unspecified atom stereocenters. The van der Waals surface area contributed by atoms with Crippen LogP contribution in [-0.4, -0.2) is 41.9 Å². The van der Waals surface area contributed by atoms with Gasteiger partial charge in [-0.05, 0) is 24.1 Å². The van der Waals surface area contributed by atoms with Crippen molar-refractivity contribution < 1.29 is 9.72 Å². The Balaban J connectivity index is 0.00000261. The van der Waals surface area contributed by atoms with E-state index in [1.165, 1.54) is 6.07 Å². The fourth-order valence-electron chi connectivity index (χ4n) is 3.24. The van der Waals surface area contributed by atoms with Gasteiger partial charge in [0.2, 0.25) is 5.91 Å². The molecule has 0 saturated carbocycles. The summed E-state index contributed by atoms with van der Waals surface area (Å²) in [4.78, 5) is 27.1. The molecule has 2 aromatic rings. The van der Waals surface area contributed by atoms with E-state index < -0.39 is 0 Å². The molecule has 3 rings (SSSR count). The first-order chi connectivity index (χ1) is 12.6. The summed E-state index contributed by atoms with van der Waals surface area (Å²) in [6.45, 7) is 2.30. The average Bonchev–Trinajstić information content (AvgIpc) is 2.67. The van der Waals surface area contributed by atoms with Gasteiger partial charge in [0.25, 0.3) is 5.69 Å². The van der Waals surface area contributed by atoms with E-state index in [9.17, 15) is 14.9 Å². The summed E-state index contributed by atoms with van der Waals surface area (Å²) < 4.78 is 0. The number of nitro benzene ring substituents is 1. The third kappa shape index (κ3) is 4.89. The molecule has 1 aliphatic heterocycles. The summed E-state index contributed by atoms with van der Waals surface area (Å²) in [5.41, 5.74) is 8.33. The van der Waals surface area contributed by atoms with Gasteiger partial charge in [0.15, 0.2) is 0 Å². The summed E-state index contributed by atoms with van der Waals surface area (Å²) in [6.07, 6.45) is 1.04. The van der Waals surface area contributed by atoms with Crippen LogP contribution in [0.25, 0.3) is 0 Å². The normalized spacial score (nSPS) is 13.8. The van der Waals surface area contributed by atoms with E-state index in [-0.39, 0.29) is 28.9 Å². The molecule has 1 fully saturated rings. The highest BCUT2D eigenvalue weighted by molar-refractivity contribution is 5.85. The molecule has 2 N–H and O–H groups in total. The first kappa shape index (κ1) is 20.5. The Morgan fingerprint density at radius 1 is 1.04 bits per heavy atom. The topological polar surface area (TPSA) is 92.7 Å². The van der Waals surface area contributed by atoms with Gasteiger partial charge in [-0.2, -0.15) is 0 Å². The van der Waals surface area contributed by atoms with Gasteiger partial charge in [-0.1, -0.05) is 30.3 Å². The van der Waals surface area contributed by atoms with Crippen molar-refractivity contribution in [2.24, 2.45) is 0 Å². The lowest BCUT2D eigenvalue weighted by Crippen LogP contribution is -2.49. The fraction of sp³-hybridized carbons (Fsp3) is 0.316. The minimum Gasteiger partial charge on any atom is -0.399 e. The Morgan fingerprint density at radius 3 is 2.33 bits per heavy atom. The van der Waals surface area contributed by atoms with Crippen molar-refractivity contribution in [2.75, 3.05) is 36.8 Å². The number of anilines is 2. The maximum atomic E-state index is 12.5. The molecular formula is C19H23ClN4O3. The standard InChI is InChI=1S/C19H22N4O3.ClH/c20-16-6-2-1-5-15(16)9-10-19(24)22-13-11-21(12-14-22)17-7-3-4-8-18(17)23(25)26;/h1-8H,9-14,20H2;1H. The molecule has 1 saturated heterocycles. The van der Waals surface area contributed by atoms with E-state index in [0.717, 1.165) is 5.56 Å². The summed E-state index contributed by atoms with van der Waals surface area (Å²) in [5.74, 6) is 0.0930. The number of nitrogens with zero attached hydrogens (tertiary/aromatic N) is 3. The predicted molar refractivity (Wildman–Crippen MR) is 108 cm³/mol. The van der Waals surface area contributed by atoms with Crippen LogP contribution in [0.3, 0.4) is 0 Å². The number of benzene rings is 2. The van der Waals surface area contributed by atoms with Crippen LogP contribution in [-0.2, 0) is 11.2 Å². The smallest absolute Gasteiger partial charge is 0.292 e. The van der Waals surface area contributed by atoms with Gasteiger partial charge in [-0.25, -0.2) is 0 Å². The number of piperazine rings is 1. The monoisotopic (exact) mass is 390 g/mol. The number of hydrogen-bond acceptors (Lipinski definition) is 5. The van der Waals surface area contributed by atoms with E-state index in [1.807, 2.05) is 34.1 Å². The number of nitro groups is 1. The third-order valence-corrected chi connectivity index (χ3v) is 4.71. The second kappa shape index (κ2) is 9.23. The highest BCUT2D eigenvalue weighted by Crippen LogP contribution is 2.28. The van der Waals surface area contributed by atoms with Crippen molar-refractivity contribution in [3.63, 3.8) is 0 Å². The van der Waals surface area contributed by atoms with Crippen LogP contribution in [0.15, 0.2) is 48.5 Å². The van der Waals surface area contributed by atoms with Crippen LogP contribution in [0.5, 0.6) is 0 Å². The highest BCUT2D eigenvalue weighted by Gasteiger charge is 2.25. The van der Waals surface area contributed by atoms with E-state index in [2.05, 4.69) is 0 Å². The van der Waals surface area contributed by atoms with Crippen LogP contribution in [0.2, 0.25) is 0 Å². The van der Waals surface area contributed by atoms with Gasteiger partial charge in [-0.15, -0.1) is 12.4 Å². The largest absolute Gasteiger partial charge is 0.399 e. The summed E-state index contributed by atoms with van der Waals surface area (Å²) in [5, 5.41) is 11.2. The maximum absolute atomic E-state index is 12.5. The summed E-state index contributed by atoms with van der Waals surface area (Å²) >= 11 is 0. The number of para-hydroxylation sites is 3. The van der Waals surface area contributed by atoms with Gasteiger partial charge in [0.1, 0.15) is 5.69 Å². The molecule has 8 heteroatoms. The molecule has 0 radical (unpaired) electrons. The first-order valence-corrected chi connectivity index (χ1v) is 8.66. The van der Waals surface area contributed by atoms with Crippen molar-refractivity contribution in [1.82, 2.24) is 4.90 Å². The second-order valence-corrected chi connectivity index (χ2v) is 6.31. The van der Waals surface area contributed by atoms with E-state index in [4.69, 9.17) is 5.73 Å². The van der Waals surface area contributed by atoms with Crippen molar-refractivity contribution >= 4 is 35.4 Å². The van der Waals surface area contributed by atoms with Gasteiger partial charge >= 0.3 is 0 Å². The molecule has 7 nitrogen and oxygen atoms in total. The highest BCUT2D eigenvalue weighted by atomic mass is 35.5. The third-order valence-electron chi connectivity index (χ3n) is 4.71. The van der Waals surface area contributed by atoms with Gasteiger partial charge in [-0.3, -0.25) is 14.9 Å². The van der Waals surface area contributed by atoms with Crippen LogP contribution in [0.1, 0.15) is 12.0 Å². The Bertz CT molecular complexity index is 807. The number of aryl methyl sites for hydroxylation is 1. The van der Waals surface area contributed by atoms with Crippen molar-refractivity contribution in [3.8, 4) is 0 Å². The summed E-state index contributed by atoms with van der Waals surface area (Å²) in [6, 6.07) is 14.3. The molecule has 0 bridgehead atoms. The maximum Gasteiger partial charge on any atom is 0.292 e. The first-order valence-electron chi connectivity index (χ1n) is 8.66. The molecular weight excluding hydrogens is 368 g/mol. The minimum absolute atomic E-state index is 0. The van der Waals surface area contributed by atoms with Crippen LogP contribution in [0, 0.1) is 10.1 Å². The number of nitrogens with two attached hydrogens (primary N) is 1. The number of amides is 1. The van der Waals surface area contributed by atoms with E-state index in [0.29, 0.717) is 50.4 Å². The zero-order valence-corrected chi connectivity index (χ0v) is 15.7. The van der Waals surface area contributed by atoms with Crippen molar-refractivity contribution in [2.45, 2.75) is 12.8 Å². The number of rotatable bonds is 5. The predicted octanol–water partition coefficient (Wildman–Crippen LogP) is 2.88. The molecule has 0 aliphatic carbocycles. The van der Waals surface area contributed by atoms with Crippen LogP contribution in [0.4, 0.5) is 17.1 Å². The number of nitrogen functional groups attached to an aromatic ring is 1. The zero-order chi connectivity index (χ0) is 18.5. The lowest BCUT2D eigenvalue weighted by atomic mass is 10.1. The van der Waals surface area contributed by atoms with Gasteiger partial charge in [0, 0.05) is 44.4 Å². The Kier molecular flexibility index (Phi) is 7.01. The SMILES string of the molecule is Cl.Nc1ccccc1CCC(=O)N1CCN(c2ccccc2[N+](=O)[O-])CC1. The Morgan fingerprint density at radius 2 is 1.67 bits per heavy atom. The molecule has 2 aromatic carbocycles. The number of hydrogen-bond donors (Lipinski definition) is 1. The Hall–Kier alpha value is -2.80. The average molecular weight is 391 g/mol. The molecule has 27 heavy (non-hydrogen) atoms. The molecule has 1 amide bonds. The van der Waals surface area contributed by atoms with Gasteiger partial charge in [0.05, 0.1) is 4.92 Å². The zero-order valence-electron chi connectivity index (χ0n) is 14.9. The number of halogens is 1. The van der Waals surface area contributed by atoms with Crippen molar-refractivity contribution in [1.29, 1.82) is 0 Å². The van der Waals surface area contributed by atoms with E-state index in [1.54, 1.807) is 18.2 Å². The van der Waals surface area contributed by atoms with Crippen LogP contribution >= 0.6 is 12.4 Å². The van der Waals surface area contributed by atoms with Crippen molar-refractivity contribution in [3.05, 3.63) is 64.2 Å². The number of carbonyl (C=O) groups excluding carboxylic acids is 1. The molecule has 1 heterocycles. The lowest BCUT2D eigenvalue weighted by Gasteiger charge is -2.35. The van der Waals surface area contributed by atoms with Gasteiger partial charge < -0.3 is 15.5 Å². The molecule has 0 spiro atoms. The van der Waals surface area contributed by atoms with E-state index >= 15 is 0 Å².